The molecular formula is C9H7LiO. The molecule has 1 nitrogen and oxygen atoms in total. The molecule has 11 heavy (non-hydrogen) atoms. The van der Waals surface area contributed by atoms with Crippen LogP contribution in [0.1, 0.15) is 5.56 Å². The third-order valence-corrected chi connectivity index (χ3v) is 1.36. The second kappa shape index (κ2) is 4.14. The van der Waals surface area contributed by atoms with Crippen molar-refractivity contribution in [2.24, 2.45) is 0 Å². The molecule has 0 amide bonds. The average molecular weight is 138 g/mol. The van der Waals surface area contributed by atoms with Gasteiger partial charge in [-0.25, -0.2) is 0 Å². The SMILES string of the molecule is [Li][C]#Cc1ccc(OC)cc1. The molecule has 0 fully saturated rings. The van der Waals surface area contributed by atoms with Gasteiger partial charge in [0.05, 0.1) is 0 Å². The van der Waals surface area contributed by atoms with Gasteiger partial charge in [0.25, 0.3) is 0 Å². The van der Waals surface area contributed by atoms with Crippen LogP contribution in [0.2, 0.25) is 0 Å². The molecule has 0 saturated carbocycles. The molecule has 0 unspecified atom stereocenters. The predicted octanol–water partition coefficient (Wildman–Crippen LogP) is 1.17. The van der Waals surface area contributed by atoms with Gasteiger partial charge in [-0.15, -0.1) is 0 Å². The summed E-state index contributed by atoms with van der Waals surface area (Å²) in [7, 11) is 1.65. The van der Waals surface area contributed by atoms with Gasteiger partial charge in [0, 0.05) is 0 Å². The van der Waals surface area contributed by atoms with Crippen LogP contribution >= 0.6 is 0 Å². The number of benzene rings is 1. The molecule has 0 aromatic heterocycles. The Bertz CT molecular complexity index is 279. The summed E-state index contributed by atoms with van der Waals surface area (Å²) in [5.41, 5.74) is 1.02. The Morgan fingerprint density at radius 2 is 1.91 bits per heavy atom. The van der Waals surface area contributed by atoms with Crippen LogP contribution in [0.25, 0.3) is 0 Å². The molecule has 1 aromatic carbocycles. The van der Waals surface area contributed by atoms with E-state index in [9.17, 15) is 0 Å². The van der Waals surface area contributed by atoms with Gasteiger partial charge in [-0.1, -0.05) is 0 Å². The van der Waals surface area contributed by atoms with Gasteiger partial charge >= 0.3 is 75.7 Å². The first-order valence-electron chi connectivity index (χ1n) is 3.43. The number of hydrogen-bond acceptors (Lipinski definition) is 1. The molecule has 0 heterocycles. The van der Waals surface area contributed by atoms with E-state index in [-0.39, 0.29) is 0 Å². The maximum absolute atomic E-state index is 5.00. The van der Waals surface area contributed by atoms with Crippen molar-refractivity contribution in [3.05, 3.63) is 29.8 Å². The van der Waals surface area contributed by atoms with Crippen molar-refractivity contribution in [2.75, 3.05) is 7.11 Å². The van der Waals surface area contributed by atoms with E-state index in [4.69, 9.17) is 4.74 Å². The zero-order chi connectivity index (χ0) is 8.10. The molecule has 0 aliphatic rings. The van der Waals surface area contributed by atoms with Crippen LogP contribution in [-0.2, 0) is 0 Å². The van der Waals surface area contributed by atoms with Gasteiger partial charge in [0.1, 0.15) is 0 Å². The number of hydrogen-bond donors (Lipinski definition) is 0. The Labute approximate surface area is 76.0 Å². The fourth-order valence-electron chi connectivity index (χ4n) is 0.819. The Hall–Kier alpha value is -0.823. The molecular weight excluding hydrogens is 131 g/mol. The number of ether oxygens (including phenoxy) is 1. The van der Waals surface area contributed by atoms with E-state index in [1.54, 1.807) is 7.11 Å². The molecule has 50 valence electrons. The molecule has 0 bridgehead atoms. The minimum absolute atomic E-state index is 0.867. The molecule has 0 saturated heterocycles. The van der Waals surface area contributed by atoms with Gasteiger partial charge in [0.15, 0.2) is 0 Å². The fraction of sp³-hybridized carbons (Fsp3) is 0.111. The van der Waals surface area contributed by atoms with E-state index in [0.29, 0.717) is 0 Å². The third-order valence-electron chi connectivity index (χ3n) is 1.36. The number of methoxy groups -OCH3 is 1. The van der Waals surface area contributed by atoms with Gasteiger partial charge in [-0.2, -0.15) is 0 Å². The maximum atomic E-state index is 5.00. The Morgan fingerprint density at radius 1 is 1.27 bits per heavy atom. The van der Waals surface area contributed by atoms with Crippen molar-refractivity contribution in [3.63, 3.8) is 0 Å². The van der Waals surface area contributed by atoms with Crippen molar-refractivity contribution >= 4 is 17.7 Å². The van der Waals surface area contributed by atoms with Crippen LogP contribution in [0.4, 0.5) is 0 Å². The normalized spacial score (nSPS) is 8.27. The second-order valence-corrected chi connectivity index (χ2v) is 2.10. The Balaban J connectivity index is 2.88. The molecule has 2 heteroatoms. The van der Waals surface area contributed by atoms with Gasteiger partial charge in [-0.3, -0.25) is 0 Å². The second-order valence-electron chi connectivity index (χ2n) is 2.10. The zero-order valence-electron chi connectivity index (χ0n) is 6.72. The third kappa shape index (κ3) is 2.35. The summed E-state index contributed by atoms with van der Waals surface area (Å²) < 4.78 is 7.83. The average Bonchev–Trinajstić information content (AvgIpc) is 2.07. The van der Waals surface area contributed by atoms with E-state index >= 15 is 0 Å². The summed E-state index contributed by atoms with van der Waals surface area (Å²) in [5, 5.41) is 0. The summed E-state index contributed by atoms with van der Waals surface area (Å²) in [6, 6.07) is 7.68. The summed E-state index contributed by atoms with van der Waals surface area (Å²) in [5.74, 6) is 3.82. The summed E-state index contributed by atoms with van der Waals surface area (Å²) in [6.07, 6.45) is 0. The van der Waals surface area contributed by atoms with Crippen molar-refractivity contribution in [1.29, 1.82) is 0 Å². The Kier molecular flexibility index (Phi) is 3.11. The molecule has 0 aliphatic heterocycles. The van der Waals surface area contributed by atoms with Crippen LogP contribution in [0, 0.1) is 10.5 Å². The summed E-state index contributed by atoms with van der Waals surface area (Å²) in [6.45, 7) is 0. The van der Waals surface area contributed by atoms with E-state index in [1.807, 2.05) is 42.0 Å². The first-order chi connectivity index (χ1) is 5.36. The van der Waals surface area contributed by atoms with Crippen molar-refractivity contribution < 1.29 is 4.74 Å². The van der Waals surface area contributed by atoms with E-state index in [0.717, 1.165) is 11.3 Å². The monoisotopic (exact) mass is 138 g/mol. The molecule has 0 atom stereocenters. The van der Waals surface area contributed by atoms with Crippen LogP contribution < -0.4 is 4.74 Å². The van der Waals surface area contributed by atoms with Crippen molar-refractivity contribution in [2.45, 2.75) is 0 Å². The Morgan fingerprint density at radius 3 is 2.36 bits per heavy atom. The predicted molar refractivity (Wildman–Crippen MR) is 45.6 cm³/mol. The zero-order valence-corrected chi connectivity index (χ0v) is 6.72. The van der Waals surface area contributed by atoms with Crippen LogP contribution in [-0.4, -0.2) is 24.8 Å². The first-order valence-corrected chi connectivity index (χ1v) is 3.43. The molecule has 0 spiro atoms. The van der Waals surface area contributed by atoms with Gasteiger partial charge in [-0.05, 0) is 0 Å². The molecule has 1 rings (SSSR count). The standard InChI is InChI=1S/C9H7O.Li/c1-3-8-4-6-9(10-2)7-5-8;/h4-7H,2H3;. The van der Waals surface area contributed by atoms with E-state index < -0.39 is 0 Å². The molecule has 0 radical (unpaired) electrons. The van der Waals surface area contributed by atoms with Crippen molar-refractivity contribution in [1.82, 2.24) is 0 Å². The van der Waals surface area contributed by atoms with Crippen LogP contribution in [0.15, 0.2) is 24.3 Å². The van der Waals surface area contributed by atoms with Gasteiger partial charge in [0.2, 0.25) is 0 Å². The minimum atomic E-state index is 0.867. The number of rotatable bonds is 1. The first kappa shape index (κ1) is 8.28. The molecule has 0 aliphatic carbocycles. The van der Waals surface area contributed by atoms with E-state index in [2.05, 4.69) is 10.5 Å². The fourth-order valence-corrected chi connectivity index (χ4v) is 0.819. The van der Waals surface area contributed by atoms with Crippen molar-refractivity contribution in [3.8, 4) is 16.3 Å². The van der Waals surface area contributed by atoms with Gasteiger partial charge < -0.3 is 0 Å². The quantitative estimate of drug-likeness (QED) is 0.418. The summed E-state index contributed by atoms with van der Waals surface area (Å²) >= 11 is 1.82. The topological polar surface area (TPSA) is 9.23 Å². The summed E-state index contributed by atoms with van der Waals surface area (Å²) in [4.78, 5) is 0. The van der Waals surface area contributed by atoms with Crippen LogP contribution in [0.5, 0.6) is 5.75 Å². The van der Waals surface area contributed by atoms with Crippen LogP contribution in [0.3, 0.4) is 0 Å². The molecule has 1 aromatic rings. The molecule has 0 N–H and O–H groups in total. The van der Waals surface area contributed by atoms with E-state index in [1.165, 1.54) is 0 Å².